The number of amides is 1. The number of carbonyl (C=O) groups is 1. The van der Waals surface area contributed by atoms with E-state index < -0.39 is 5.91 Å². The number of nitrogens with zero attached hydrogens (tertiary/aromatic N) is 1. The molecule has 0 saturated heterocycles. The number of aromatic nitrogens is 1. The SMILES string of the molecule is CC(Nc1ncccc1C(N)=O)C1CC2CCC1C2. The maximum absolute atomic E-state index is 11.4. The Kier molecular flexibility index (Phi) is 3.17. The lowest BCUT2D eigenvalue weighted by Crippen LogP contribution is -2.31. The molecule has 2 aliphatic carbocycles. The molecular weight excluding hydrogens is 238 g/mol. The maximum Gasteiger partial charge on any atom is 0.252 e. The zero-order valence-electron chi connectivity index (χ0n) is 11.3. The maximum atomic E-state index is 11.4. The highest BCUT2D eigenvalue weighted by atomic mass is 16.1. The van der Waals surface area contributed by atoms with Gasteiger partial charge in [-0.2, -0.15) is 0 Å². The Labute approximate surface area is 113 Å². The summed E-state index contributed by atoms with van der Waals surface area (Å²) in [5, 5.41) is 3.41. The number of hydrogen-bond acceptors (Lipinski definition) is 3. The van der Waals surface area contributed by atoms with Gasteiger partial charge in [0.1, 0.15) is 5.82 Å². The Morgan fingerprint density at radius 3 is 2.95 bits per heavy atom. The quantitative estimate of drug-likeness (QED) is 0.872. The second kappa shape index (κ2) is 4.83. The van der Waals surface area contributed by atoms with E-state index in [1.54, 1.807) is 18.3 Å². The van der Waals surface area contributed by atoms with Crippen molar-refractivity contribution in [3.05, 3.63) is 23.9 Å². The van der Waals surface area contributed by atoms with Gasteiger partial charge in [-0.05, 0) is 56.1 Å². The number of pyridine rings is 1. The van der Waals surface area contributed by atoms with Gasteiger partial charge in [-0.3, -0.25) is 4.79 Å². The molecule has 4 unspecified atom stereocenters. The second-order valence-electron chi connectivity index (χ2n) is 6.04. The average Bonchev–Trinajstić information content (AvgIpc) is 3.01. The van der Waals surface area contributed by atoms with Gasteiger partial charge in [0.25, 0.3) is 5.91 Å². The summed E-state index contributed by atoms with van der Waals surface area (Å²) in [7, 11) is 0. The molecule has 1 amide bonds. The molecule has 102 valence electrons. The molecule has 0 aromatic carbocycles. The number of fused-ring (bicyclic) bond motifs is 2. The van der Waals surface area contributed by atoms with E-state index in [9.17, 15) is 4.79 Å². The predicted octanol–water partition coefficient (Wildman–Crippen LogP) is 2.42. The van der Waals surface area contributed by atoms with E-state index in [4.69, 9.17) is 5.73 Å². The Morgan fingerprint density at radius 1 is 1.47 bits per heavy atom. The van der Waals surface area contributed by atoms with Gasteiger partial charge in [0.15, 0.2) is 0 Å². The number of hydrogen-bond donors (Lipinski definition) is 2. The average molecular weight is 259 g/mol. The van der Waals surface area contributed by atoms with Crippen LogP contribution in [0.5, 0.6) is 0 Å². The molecule has 4 atom stereocenters. The van der Waals surface area contributed by atoms with Crippen molar-refractivity contribution in [3.63, 3.8) is 0 Å². The van der Waals surface area contributed by atoms with E-state index in [0.717, 1.165) is 11.8 Å². The molecule has 1 aromatic heterocycles. The van der Waals surface area contributed by atoms with E-state index in [1.807, 2.05) is 0 Å². The number of rotatable bonds is 4. The van der Waals surface area contributed by atoms with Crippen LogP contribution in [-0.2, 0) is 0 Å². The molecular formula is C15H21N3O. The molecule has 1 heterocycles. The molecule has 2 bridgehead atoms. The Balaban J connectivity index is 1.73. The van der Waals surface area contributed by atoms with Crippen molar-refractivity contribution >= 4 is 11.7 Å². The number of nitrogens with one attached hydrogen (secondary N) is 1. The number of anilines is 1. The Bertz CT molecular complexity index is 488. The number of carbonyl (C=O) groups excluding carboxylic acids is 1. The third kappa shape index (κ3) is 2.31. The van der Waals surface area contributed by atoms with Crippen LogP contribution in [-0.4, -0.2) is 16.9 Å². The Morgan fingerprint density at radius 2 is 2.32 bits per heavy atom. The number of primary amides is 1. The van der Waals surface area contributed by atoms with Crippen LogP contribution in [0.4, 0.5) is 5.82 Å². The highest BCUT2D eigenvalue weighted by Gasteiger charge is 2.41. The van der Waals surface area contributed by atoms with Crippen molar-refractivity contribution in [1.82, 2.24) is 4.98 Å². The molecule has 2 aliphatic rings. The lowest BCUT2D eigenvalue weighted by atomic mass is 9.84. The molecule has 1 aromatic rings. The zero-order chi connectivity index (χ0) is 13.4. The summed E-state index contributed by atoms with van der Waals surface area (Å²) >= 11 is 0. The lowest BCUT2D eigenvalue weighted by molar-refractivity contribution is 0.100. The third-order valence-electron chi connectivity index (χ3n) is 4.87. The molecule has 2 fully saturated rings. The summed E-state index contributed by atoms with van der Waals surface area (Å²) in [5.74, 6) is 2.70. The predicted molar refractivity (Wildman–Crippen MR) is 74.8 cm³/mol. The zero-order valence-corrected chi connectivity index (χ0v) is 11.3. The van der Waals surface area contributed by atoms with Gasteiger partial charge in [0.2, 0.25) is 0 Å². The van der Waals surface area contributed by atoms with Crippen LogP contribution in [0.3, 0.4) is 0 Å². The van der Waals surface area contributed by atoms with Crippen molar-refractivity contribution in [2.75, 3.05) is 5.32 Å². The summed E-state index contributed by atoms with van der Waals surface area (Å²) in [5.41, 5.74) is 5.87. The smallest absolute Gasteiger partial charge is 0.252 e. The van der Waals surface area contributed by atoms with Gasteiger partial charge in [0, 0.05) is 12.2 Å². The van der Waals surface area contributed by atoms with Crippen molar-refractivity contribution in [3.8, 4) is 0 Å². The summed E-state index contributed by atoms with van der Waals surface area (Å²) < 4.78 is 0. The number of nitrogens with two attached hydrogens (primary N) is 1. The normalized spacial score (nSPS) is 30.3. The monoisotopic (exact) mass is 259 g/mol. The van der Waals surface area contributed by atoms with E-state index in [-0.39, 0.29) is 0 Å². The minimum Gasteiger partial charge on any atom is -0.367 e. The molecule has 0 spiro atoms. The standard InChI is InChI=1S/C15H21N3O/c1-9(13-8-10-4-5-11(13)7-10)18-15-12(14(16)19)3-2-6-17-15/h2-3,6,9-11,13H,4-5,7-8H2,1H3,(H2,16,19)(H,17,18). The minimum atomic E-state index is -0.421. The fourth-order valence-electron chi connectivity index (χ4n) is 3.95. The van der Waals surface area contributed by atoms with E-state index in [0.29, 0.717) is 23.3 Å². The van der Waals surface area contributed by atoms with Crippen molar-refractivity contribution < 1.29 is 4.79 Å². The first-order valence-corrected chi connectivity index (χ1v) is 7.16. The summed E-state index contributed by atoms with van der Waals surface area (Å²) in [6, 6.07) is 3.82. The second-order valence-corrected chi connectivity index (χ2v) is 6.04. The molecule has 4 heteroatoms. The first kappa shape index (κ1) is 12.5. The fraction of sp³-hybridized carbons (Fsp3) is 0.600. The van der Waals surface area contributed by atoms with Crippen LogP contribution in [0, 0.1) is 17.8 Å². The summed E-state index contributed by atoms with van der Waals surface area (Å²) in [6.07, 6.45) is 7.18. The molecule has 0 radical (unpaired) electrons. The van der Waals surface area contributed by atoms with Crippen molar-refractivity contribution in [2.24, 2.45) is 23.5 Å². The van der Waals surface area contributed by atoms with Crippen LogP contribution in [0.25, 0.3) is 0 Å². The van der Waals surface area contributed by atoms with Gasteiger partial charge in [0.05, 0.1) is 5.56 Å². The van der Waals surface area contributed by atoms with E-state index in [2.05, 4.69) is 17.2 Å². The molecule has 3 rings (SSSR count). The fourth-order valence-corrected chi connectivity index (χ4v) is 3.95. The Hall–Kier alpha value is -1.58. The molecule has 3 N–H and O–H groups in total. The minimum absolute atomic E-state index is 0.350. The molecule has 2 saturated carbocycles. The topological polar surface area (TPSA) is 68.0 Å². The summed E-state index contributed by atoms with van der Waals surface area (Å²) in [6.45, 7) is 2.20. The van der Waals surface area contributed by atoms with Crippen LogP contribution >= 0.6 is 0 Å². The van der Waals surface area contributed by atoms with Crippen LogP contribution < -0.4 is 11.1 Å². The highest BCUT2D eigenvalue weighted by Crippen LogP contribution is 2.49. The van der Waals surface area contributed by atoms with E-state index >= 15 is 0 Å². The molecule has 19 heavy (non-hydrogen) atoms. The van der Waals surface area contributed by atoms with Crippen LogP contribution in [0.15, 0.2) is 18.3 Å². The van der Waals surface area contributed by atoms with Crippen LogP contribution in [0.1, 0.15) is 43.0 Å². The molecule has 0 aliphatic heterocycles. The van der Waals surface area contributed by atoms with Gasteiger partial charge in [-0.1, -0.05) is 6.42 Å². The van der Waals surface area contributed by atoms with Crippen molar-refractivity contribution in [2.45, 2.75) is 38.6 Å². The summed E-state index contributed by atoms with van der Waals surface area (Å²) in [4.78, 5) is 15.7. The first-order chi connectivity index (χ1) is 9.15. The molecule has 4 nitrogen and oxygen atoms in total. The first-order valence-electron chi connectivity index (χ1n) is 7.16. The van der Waals surface area contributed by atoms with Gasteiger partial charge < -0.3 is 11.1 Å². The van der Waals surface area contributed by atoms with Crippen molar-refractivity contribution in [1.29, 1.82) is 0 Å². The largest absolute Gasteiger partial charge is 0.367 e. The van der Waals surface area contributed by atoms with Crippen LogP contribution in [0.2, 0.25) is 0 Å². The highest BCUT2D eigenvalue weighted by molar-refractivity contribution is 5.97. The lowest BCUT2D eigenvalue weighted by Gasteiger charge is -2.29. The van der Waals surface area contributed by atoms with Gasteiger partial charge >= 0.3 is 0 Å². The van der Waals surface area contributed by atoms with E-state index in [1.165, 1.54) is 25.7 Å². The third-order valence-corrected chi connectivity index (χ3v) is 4.87. The van der Waals surface area contributed by atoms with Gasteiger partial charge in [-0.15, -0.1) is 0 Å². The van der Waals surface area contributed by atoms with Gasteiger partial charge in [-0.25, -0.2) is 4.98 Å².